The van der Waals surface area contributed by atoms with Gasteiger partial charge in [0.2, 0.25) is 0 Å². The highest BCUT2D eigenvalue weighted by Gasteiger charge is 2.47. The Bertz CT molecular complexity index is 629. The van der Waals surface area contributed by atoms with E-state index in [9.17, 15) is 0 Å². The SMILES string of the molecule is c1cncc(O[C@@H]2CCOC3(C2)CN(Cc2ccncc2)C3)c1. The van der Waals surface area contributed by atoms with Crippen LogP contribution in [0.15, 0.2) is 49.1 Å². The van der Waals surface area contributed by atoms with Crippen molar-refractivity contribution in [2.45, 2.75) is 31.1 Å². The molecule has 0 N–H and O–H groups in total. The van der Waals surface area contributed by atoms with Crippen molar-refractivity contribution in [1.29, 1.82) is 0 Å². The monoisotopic (exact) mass is 311 g/mol. The van der Waals surface area contributed by atoms with Crippen molar-refractivity contribution in [2.24, 2.45) is 0 Å². The number of likely N-dealkylation sites (tertiary alicyclic amines) is 1. The van der Waals surface area contributed by atoms with Crippen LogP contribution < -0.4 is 4.74 Å². The molecule has 2 fully saturated rings. The standard InChI is InChI=1S/C18H21N3O2/c1-2-17(11-20-6-1)23-16-5-9-22-18(10-16)13-21(14-18)12-15-3-7-19-8-4-15/h1-4,6-8,11,16H,5,9-10,12-14H2/t16-/m1/s1. The van der Waals surface area contributed by atoms with Gasteiger partial charge in [-0.3, -0.25) is 14.9 Å². The molecular formula is C18H21N3O2. The molecule has 0 unspecified atom stereocenters. The topological polar surface area (TPSA) is 47.5 Å². The predicted octanol–water partition coefficient (Wildman–Crippen LogP) is 2.29. The van der Waals surface area contributed by atoms with E-state index in [-0.39, 0.29) is 11.7 Å². The molecule has 4 rings (SSSR count). The zero-order valence-corrected chi connectivity index (χ0v) is 13.1. The molecule has 5 heteroatoms. The van der Waals surface area contributed by atoms with Crippen LogP contribution in [0.2, 0.25) is 0 Å². The van der Waals surface area contributed by atoms with E-state index in [0.717, 1.165) is 44.8 Å². The number of hydrogen-bond acceptors (Lipinski definition) is 5. The van der Waals surface area contributed by atoms with Crippen LogP contribution in [0, 0.1) is 0 Å². The van der Waals surface area contributed by atoms with Gasteiger partial charge < -0.3 is 9.47 Å². The Balaban J connectivity index is 1.32. The zero-order chi connectivity index (χ0) is 15.5. The summed E-state index contributed by atoms with van der Waals surface area (Å²) in [5.74, 6) is 0.850. The van der Waals surface area contributed by atoms with Gasteiger partial charge in [-0.2, -0.15) is 0 Å². The third kappa shape index (κ3) is 3.35. The van der Waals surface area contributed by atoms with E-state index in [4.69, 9.17) is 9.47 Å². The van der Waals surface area contributed by atoms with Crippen LogP contribution >= 0.6 is 0 Å². The van der Waals surface area contributed by atoms with Crippen LogP contribution in [0.5, 0.6) is 5.75 Å². The molecule has 5 nitrogen and oxygen atoms in total. The summed E-state index contributed by atoms with van der Waals surface area (Å²) in [5.41, 5.74) is 1.27. The van der Waals surface area contributed by atoms with Gasteiger partial charge in [0, 0.05) is 51.1 Å². The maximum absolute atomic E-state index is 6.09. The Hall–Kier alpha value is -1.98. The molecule has 4 heterocycles. The molecule has 0 bridgehead atoms. The average Bonchev–Trinajstić information content (AvgIpc) is 2.56. The highest BCUT2D eigenvalue weighted by atomic mass is 16.5. The van der Waals surface area contributed by atoms with Crippen molar-refractivity contribution >= 4 is 0 Å². The summed E-state index contributed by atoms with van der Waals surface area (Å²) in [6, 6.07) is 8.01. The van der Waals surface area contributed by atoms with Gasteiger partial charge in [0.15, 0.2) is 0 Å². The molecule has 0 amide bonds. The van der Waals surface area contributed by atoms with Crippen LogP contribution in [0.4, 0.5) is 0 Å². The minimum Gasteiger partial charge on any atom is -0.489 e. The lowest BCUT2D eigenvalue weighted by atomic mass is 9.84. The Labute approximate surface area is 136 Å². The summed E-state index contributed by atoms with van der Waals surface area (Å²) in [5, 5.41) is 0. The van der Waals surface area contributed by atoms with Crippen LogP contribution in [-0.4, -0.2) is 46.3 Å². The van der Waals surface area contributed by atoms with Gasteiger partial charge in [0.1, 0.15) is 11.9 Å². The van der Waals surface area contributed by atoms with Crippen molar-refractivity contribution < 1.29 is 9.47 Å². The molecule has 2 saturated heterocycles. The van der Waals surface area contributed by atoms with Crippen LogP contribution in [0.3, 0.4) is 0 Å². The Morgan fingerprint density at radius 3 is 2.83 bits per heavy atom. The normalized spacial score (nSPS) is 23.4. The van der Waals surface area contributed by atoms with E-state index in [1.807, 2.05) is 24.5 Å². The quantitative estimate of drug-likeness (QED) is 0.867. The average molecular weight is 311 g/mol. The van der Waals surface area contributed by atoms with Crippen molar-refractivity contribution in [3.05, 3.63) is 54.6 Å². The van der Waals surface area contributed by atoms with Crippen LogP contribution in [0.1, 0.15) is 18.4 Å². The summed E-state index contributed by atoms with van der Waals surface area (Å²) < 4.78 is 12.2. The molecule has 2 aromatic heterocycles. The summed E-state index contributed by atoms with van der Waals surface area (Å²) in [4.78, 5) is 10.6. The van der Waals surface area contributed by atoms with E-state index >= 15 is 0 Å². The highest BCUT2D eigenvalue weighted by molar-refractivity contribution is 5.17. The molecular weight excluding hydrogens is 290 g/mol. The molecule has 2 aliphatic rings. The lowest BCUT2D eigenvalue weighted by Crippen LogP contribution is -2.65. The molecule has 0 aliphatic carbocycles. The molecule has 120 valence electrons. The van der Waals surface area contributed by atoms with Gasteiger partial charge in [0.25, 0.3) is 0 Å². The third-order valence-corrected chi connectivity index (χ3v) is 4.56. The third-order valence-electron chi connectivity index (χ3n) is 4.56. The van der Waals surface area contributed by atoms with Crippen molar-refractivity contribution in [1.82, 2.24) is 14.9 Å². The summed E-state index contributed by atoms with van der Waals surface area (Å²) in [6.45, 7) is 3.68. The number of nitrogens with zero attached hydrogens (tertiary/aromatic N) is 3. The van der Waals surface area contributed by atoms with Crippen molar-refractivity contribution in [3.8, 4) is 5.75 Å². The van der Waals surface area contributed by atoms with Gasteiger partial charge in [-0.05, 0) is 29.8 Å². The first-order valence-corrected chi connectivity index (χ1v) is 8.13. The van der Waals surface area contributed by atoms with Crippen LogP contribution in [0.25, 0.3) is 0 Å². The number of hydrogen-bond donors (Lipinski definition) is 0. The summed E-state index contributed by atoms with van der Waals surface area (Å²) in [7, 11) is 0. The maximum atomic E-state index is 6.09. The molecule has 0 radical (unpaired) electrons. The summed E-state index contributed by atoms with van der Waals surface area (Å²) in [6.07, 6.45) is 9.35. The van der Waals surface area contributed by atoms with E-state index in [0.29, 0.717) is 0 Å². The molecule has 2 aromatic rings. The van der Waals surface area contributed by atoms with E-state index in [2.05, 4.69) is 27.0 Å². The molecule has 23 heavy (non-hydrogen) atoms. The Morgan fingerprint density at radius 1 is 1.17 bits per heavy atom. The fraction of sp³-hybridized carbons (Fsp3) is 0.444. The number of pyridine rings is 2. The van der Waals surface area contributed by atoms with Gasteiger partial charge in [-0.25, -0.2) is 0 Å². The number of aromatic nitrogens is 2. The first kappa shape index (κ1) is 14.6. The van der Waals surface area contributed by atoms with E-state index in [1.54, 1.807) is 12.4 Å². The second kappa shape index (κ2) is 6.26. The fourth-order valence-corrected chi connectivity index (χ4v) is 3.54. The van der Waals surface area contributed by atoms with Gasteiger partial charge in [0.05, 0.1) is 18.4 Å². The minimum absolute atomic E-state index is 0.0296. The molecule has 1 atom stereocenters. The lowest BCUT2D eigenvalue weighted by Gasteiger charge is -2.53. The minimum atomic E-state index is -0.0296. The predicted molar refractivity (Wildman–Crippen MR) is 86.1 cm³/mol. The second-order valence-corrected chi connectivity index (χ2v) is 6.45. The molecule has 0 saturated carbocycles. The maximum Gasteiger partial charge on any atom is 0.138 e. The fourth-order valence-electron chi connectivity index (χ4n) is 3.54. The summed E-state index contributed by atoms with van der Waals surface area (Å²) >= 11 is 0. The van der Waals surface area contributed by atoms with Crippen molar-refractivity contribution in [2.75, 3.05) is 19.7 Å². The second-order valence-electron chi connectivity index (χ2n) is 6.45. The lowest BCUT2D eigenvalue weighted by molar-refractivity contribution is -0.188. The number of ether oxygens (including phenoxy) is 2. The van der Waals surface area contributed by atoms with E-state index in [1.165, 1.54) is 5.56 Å². The smallest absolute Gasteiger partial charge is 0.138 e. The van der Waals surface area contributed by atoms with E-state index < -0.39 is 0 Å². The Kier molecular flexibility index (Phi) is 3.97. The van der Waals surface area contributed by atoms with Gasteiger partial charge in [-0.1, -0.05) is 0 Å². The van der Waals surface area contributed by atoms with Gasteiger partial charge in [-0.15, -0.1) is 0 Å². The molecule has 0 aromatic carbocycles. The largest absolute Gasteiger partial charge is 0.489 e. The first-order valence-electron chi connectivity index (χ1n) is 8.13. The first-order chi connectivity index (χ1) is 11.3. The molecule has 2 aliphatic heterocycles. The highest BCUT2D eigenvalue weighted by Crippen LogP contribution is 2.36. The number of rotatable bonds is 4. The zero-order valence-electron chi connectivity index (χ0n) is 13.1. The van der Waals surface area contributed by atoms with Gasteiger partial charge >= 0.3 is 0 Å². The van der Waals surface area contributed by atoms with Crippen LogP contribution in [-0.2, 0) is 11.3 Å². The Morgan fingerprint density at radius 2 is 2.04 bits per heavy atom. The molecule has 1 spiro atoms. The van der Waals surface area contributed by atoms with Crippen molar-refractivity contribution in [3.63, 3.8) is 0 Å².